The number of aromatic nitrogens is 1. The molecule has 6 nitrogen and oxygen atoms in total. The Morgan fingerprint density at radius 1 is 1.59 bits per heavy atom. The molecule has 0 radical (unpaired) electrons. The Hall–Kier alpha value is -1.82. The summed E-state index contributed by atoms with van der Waals surface area (Å²) in [4.78, 5) is 15.1. The van der Waals surface area contributed by atoms with Gasteiger partial charge in [0.25, 0.3) is 5.91 Å². The van der Waals surface area contributed by atoms with Crippen LogP contribution in [0.2, 0.25) is 0 Å². The molecule has 1 rings (SSSR count). The fourth-order valence-electron chi connectivity index (χ4n) is 1.38. The number of nitrogen functional groups attached to an aromatic ring is 1. The highest BCUT2D eigenvalue weighted by atomic mass is 16.5. The van der Waals surface area contributed by atoms with E-state index in [0.717, 1.165) is 6.42 Å². The van der Waals surface area contributed by atoms with Crippen molar-refractivity contribution in [1.29, 1.82) is 0 Å². The van der Waals surface area contributed by atoms with E-state index in [1.807, 2.05) is 6.92 Å². The number of ether oxygens (including phenoxy) is 1. The number of hydrogen-bond acceptors (Lipinski definition) is 5. The Balaban J connectivity index is 2.88. The number of carbonyl (C=O) groups is 1. The number of hydrogen-bond donors (Lipinski definition) is 3. The number of rotatable bonds is 6. The first-order valence-corrected chi connectivity index (χ1v) is 5.40. The summed E-state index contributed by atoms with van der Waals surface area (Å²) in [5.41, 5.74) is 11.6. The van der Waals surface area contributed by atoms with Crippen molar-refractivity contribution in [2.75, 3.05) is 24.8 Å². The summed E-state index contributed by atoms with van der Waals surface area (Å²) in [5.74, 6) is -0.113. The predicted molar refractivity (Wildman–Crippen MR) is 66.7 cm³/mol. The third-order valence-corrected chi connectivity index (χ3v) is 2.38. The maximum absolute atomic E-state index is 11.0. The number of amides is 1. The number of primary amides is 1. The van der Waals surface area contributed by atoms with Crippen LogP contribution >= 0.6 is 0 Å². The molecule has 0 aliphatic heterocycles. The van der Waals surface area contributed by atoms with E-state index in [1.54, 1.807) is 13.2 Å². The molecule has 0 aliphatic rings. The molecule has 94 valence electrons. The van der Waals surface area contributed by atoms with Gasteiger partial charge >= 0.3 is 0 Å². The van der Waals surface area contributed by atoms with Crippen molar-refractivity contribution in [2.45, 2.75) is 19.4 Å². The van der Waals surface area contributed by atoms with Crippen LogP contribution in [0, 0.1) is 0 Å². The number of methoxy groups -OCH3 is 1. The van der Waals surface area contributed by atoms with Gasteiger partial charge in [-0.25, -0.2) is 4.98 Å². The molecule has 0 bridgehead atoms. The number of carbonyl (C=O) groups excluding carboxylic acids is 1. The minimum Gasteiger partial charge on any atom is -0.396 e. The summed E-state index contributed by atoms with van der Waals surface area (Å²) in [5, 5.41) is 3.12. The first-order valence-electron chi connectivity index (χ1n) is 5.40. The Bertz CT molecular complexity index is 395. The molecule has 0 saturated heterocycles. The molecule has 6 heteroatoms. The molecule has 1 aromatic rings. The number of nitrogens with two attached hydrogens (primary N) is 2. The van der Waals surface area contributed by atoms with E-state index < -0.39 is 5.91 Å². The number of anilines is 2. The first kappa shape index (κ1) is 13.2. The lowest BCUT2D eigenvalue weighted by atomic mass is 10.2. The van der Waals surface area contributed by atoms with Crippen LogP contribution in [0.15, 0.2) is 12.1 Å². The highest BCUT2D eigenvalue weighted by Crippen LogP contribution is 2.17. The van der Waals surface area contributed by atoms with Gasteiger partial charge in [-0.05, 0) is 18.6 Å². The van der Waals surface area contributed by atoms with Crippen LogP contribution in [-0.2, 0) is 4.74 Å². The molecule has 0 fully saturated rings. The summed E-state index contributed by atoms with van der Waals surface area (Å²) < 4.78 is 5.06. The summed E-state index contributed by atoms with van der Waals surface area (Å²) >= 11 is 0. The SMILES string of the molecule is CCC(COC)Nc1nc(C(N)=O)ccc1N. The van der Waals surface area contributed by atoms with Crippen LogP contribution in [0.25, 0.3) is 0 Å². The Morgan fingerprint density at radius 2 is 2.29 bits per heavy atom. The fourth-order valence-corrected chi connectivity index (χ4v) is 1.38. The van der Waals surface area contributed by atoms with E-state index >= 15 is 0 Å². The van der Waals surface area contributed by atoms with Gasteiger partial charge in [0.2, 0.25) is 0 Å². The molecule has 1 unspecified atom stereocenters. The lowest BCUT2D eigenvalue weighted by Gasteiger charge is -2.18. The average molecular weight is 238 g/mol. The lowest BCUT2D eigenvalue weighted by molar-refractivity contribution is 0.0995. The second-order valence-corrected chi connectivity index (χ2v) is 3.70. The van der Waals surface area contributed by atoms with Crippen LogP contribution in [0.3, 0.4) is 0 Å². The zero-order valence-corrected chi connectivity index (χ0v) is 10.1. The predicted octanol–water partition coefficient (Wildman–Crippen LogP) is 0.600. The molecule has 0 saturated carbocycles. The van der Waals surface area contributed by atoms with Gasteiger partial charge in [0.15, 0.2) is 0 Å². The zero-order chi connectivity index (χ0) is 12.8. The highest BCUT2D eigenvalue weighted by molar-refractivity contribution is 5.91. The topological polar surface area (TPSA) is 103 Å². The third kappa shape index (κ3) is 3.60. The van der Waals surface area contributed by atoms with Gasteiger partial charge in [-0.1, -0.05) is 6.92 Å². The van der Waals surface area contributed by atoms with Gasteiger partial charge in [0.1, 0.15) is 11.5 Å². The molecule has 1 aromatic heterocycles. The second-order valence-electron chi connectivity index (χ2n) is 3.70. The number of pyridine rings is 1. The third-order valence-electron chi connectivity index (χ3n) is 2.38. The van der Waals surface area contributed by atoms with Crippen molar-refractivity contribution in [3.05, 3.63) is 17.8 Å². The van der Waals surface area contributed by atoms with Crippen molar-refractivity contribution in [2.24, 2.45) is 5.73 Å². The van der Waals surface area contributed by atoms with Crippen molar-refractivity contribution in [3.63, 3.8) is 0 Å². The maximum atomic E-state index is 11.0. The Kier molecular flexibility index (Phi) is 4.71. The van der Waals surface area contributed by atoms with Crippen LogP contribution in [-0.4, -0.2) is 30.6 Å². The molecular formula is C11H18N4O2. The van der Waals surface area contributed by atoms with E-state index in [9.17, 15) is 4.79 Å². The minimum atomic E-state index is -0.576. The standard InChI is InChI=1S/C11H18N4O2/c1-3-7(6-17-2)14-11-8(12)4-5-9(15-11)10(13)16/h4-5,7H,3,6,12H2,1-2H3,(H2,13,16)(H,14,15). The van der Waals surface area contributed by atoms with E-state index in [2.05, 4.69) is 10.3 Å². The maximum Gasteiger partial charge on any atom is 0.267 e. The van der Waals surface area contributed by atoms with Crippen LogP contribution in [0.1, 0.15) is 23.8 Å². The van der Waals surface area contributed by atoms with Crippen LogP contribution < -0.4 is 16.8 Å². The van der Waals surface area contributed by atoms with Gasteiger partial charge in [-0.15, -0.1) is 0 Å². The number of nitrogens with zero attached hydrogens (tertiary/aromatic N) is 1. The Labute approximate surface area is 100 Å². The summed E-state index contributed by atoms with van der Waals surface area (Å²) in [7, 11) is 1.63. The van der Waals surface area contributed by atoms with Crippen molar-refractivity contribution < 1.29 is 9.53 Å². The molecule has 0 aromatic carbocycles. The lowest BCUT2D eigenvalue weighted by Crippen LogP contribution is -2.26. The second kappa shape index (κ2) is 6.05. The van der Waals surface area contributed by atoms with Gasteiger partial charge < -0.3 is 21.5 Å². The van der Waals surface area contributed by atoms with Crippen molar-refractivity contribution in [1.82, 2.24) is 4.98 Å². The molecule has 5 N–H and O–H groups in total. The van der Waals surface area contributed by atoms with Gasteiger partial charge in [0, 0.05) is 7.11 Å². The monoisotopic (exact) mass is 238 g/mol. The average Bonchev–Trinajstić information content (AvgIpc) is 2.30. The quantitative estimate of drug-likeness (QED) is 0.673. The van der Waals surface area contributed by atoms with Gasteiger partial charge in [-0.3, -0.25) is 4.79 Å². The summed E-state index contributed by atoms with van der Waals surface area (Å²) in [6, 6.07) is 3.20. The van der Waals surface area contributed by atoms with Crippen LogP contribution in [0.5, 0.6) is 0 Å². The van der Waals surface area contributed by atoms with Crippen molar-refractivity contribution >= 4 is 17.4 Å². The molecule has 1 heterocycles. The summed E-state index contributed by atoms with van der Waals surface area (Å²) in [6.45, 7) is 2.56. The largest absolute Gasteiger partial charge is 0.396 e. The normalized spacial score (nSPS) is 12.1. The van der Waals surface area contributed by atoms with E-state index in [0.29, 0.717) is 18.1 Å². The molecule has 0 spiro atoms. The van der Waals surface area contributed by atoms with Gasteiger partial charge in [-0.2, -0.15) is 0 Å². The molecule has 0 aliphatic carbocycles. The van der Waals surface area contributed by atoms with E-state index in [1.165, 1.54) is 6.07 Å². The highest BCUT2D eigenvalue weighted by Gasteiger charge is 2.11. The zero-order valence-electron chi connectivity index (χ0n) is 10.1. The fraction of sp³-hybridized carbons (Fsp3) is 0.455. The van der Waals surface area contributed by atoms with E-state index in [4.69, 9.17) is 16.2 Å². The molecule has 17 heavy (non-hydrogen) atoms. The summed E-state index contributed by atoms with van der Waals surface area (Å²) in [6.07, 6.45) is 0.857. The van der Waals surface area contributed by atoms with Crippen molar-refractivity contribution in [3.8, 4) is 0 Å². The smallest absolute Gasteiger partial charge is 0.267 e. The molecule has 1 atom stereocenters. The minimum absolute atomic E-state index is 0.0953. The Morgan fingerprint density at radius 3 is 2.82 bits per heavy atom. The van der Waals surface area contributed by atoms with E-state index in [-0.39, 0.29) is 11.7 Å². The first-order chi connectivity index (χ1) is 8.08. The molecule has 1 amide bonds. The molecular weight excluding hydrogens is 220 g/mol. The van der Waals surface area contributed by atoms with Gasteiger partial charge in [0.05, 0.1) is 18.3 Å². The van der Waals surface area contributed by atoms with Crippen LogP contribution in [0.4, 0.5) is 11.5 Å². The number of nitrogens with one attached hydrogen (secondary N) is 1.